The first-order valence-corrected chi connectivity index (χ1v) is 12.4. The number of para-hydroxylation sites is 1. The van der Waals surface area contributed by atoms with Crippen LogP contribution in [0.3, 0.4) is 0 Å². The molecule has 1 aromatic heterocycles. The summed E-state index contributed by atoms with van der Waals surface area (Å²) in [5, 5.41) is 4.39. The molecule has 0 fully saturated rings. The Bertz CT molecular complexity index is 1320. The molecule has 4 N–H and O–H groups in total. The summed E-state index contributed by atoms with van der Waals surface area (Å²) >= 11 is 18.4. The third kappa shape index (κ3) is 5.80. The van der Waals surface area contributed by atoms with E-state index in [4.69, 9.17) is 45.6 Å². The first kappa shape index (κ1) is 25.1. The Balaban J connectivity index is 1.97. The van der Waals surface area contributed by atoms with E-state index in [1.165, 1.54) is 0 Å². The lowest BCUT2D eigenvalue weighted by Crippen LogP contribution is -2.34. The second-order valence-corrected chi connectivity index (χ2v) is 8.97. The zero-order chi connectivity index (χ0) is 24.8. The molecule has 0 aliphatic carbocycles. The molecule has 35 heavy (non-hydrogen) atoms. The fourth-order valence-corrected chi connectivity index (χ4v) is 4.53. The number of aromatic nitrogens is 1. The van der Waals surface area contributed by atoms with E-state index in [2.05, 4.69) is 21.7 Å². The lowest BCUT2D eigenvalue weighted by molar-refractivity contribution is 0.252. The molecule has 0 aliphatic heterocycles. The third-order valence-electron chi connectivity index (χ3n) is 5.58. The van der Waals surface area contributed by atoms with Crippen LogP contribution in [0.4, 0.5) is 16.2 Å². The molecule has 4 rings (SSSR count). The summed E-state index contributed by atoms with van der Waals surface area (Å²) in [7, 11) is 0. The van der Waals surface area contributed by atoms with Gasteiger partial charge in [0.2, 0.25) is 0 Å². The first-order valence-electron chi connectivity index (χ1n) is 11.0. The summed E-state index contributed by atoms with van der Waals surface area (Å²) in [6, 6.07) is 22.8. The predicted octanol–water partition coefficient (Wildman–Crippen LogP) is 6.50. The minimum Gasteiger partial charge on any atom is -0.369 e. The van der Waals surface area contributed by atoms with Crippen molar-refractivity contribution in [1.82, 2.24) is 10.4 Å². The van der Waals surface area contributed by atoms with Crippen LogP contribution >= 0.6 is 34.8 Å². The molecule has 2 amide bonds. The predicted molar refractivity (Wildman–Crippen MR) is 148 cm³/mol. The van der Waals surface area contributed by atoms with E-state index in [1.54, 1.807) is 0 Å². The van der Waals surface area contributed by atoms with Gasteiger partial charge in [-0.2, -0.15) is 0 Å². The molecule has 0 unspecified atom stereocenters. The second-order valence-electron chi connectivity index (χ2n) is 7.77. The van der Waals surface area contributed by atoms with Crippen molar-refractivity contribution in [3.63, 3.8) is 0 Å². The maximum Gasteiger partial charge on any atom is 0.333 e. The average Bonchev–Trinajstić information content (AvgIpc) is 2.88. The van der Waals surface area contributed by atoms with Gasteiger partial charge in [-0.3, -0.25) is 5.43 Å². The Morgan fingerprint density at radius 2 is 1.63 bits per heavy atom. The van der Waals surface area contributed by atoms with Crippen LogP contribution in [-0.2, 0) is 0 Å². The molecule has 0 saturated heterocycles. The maximum atomic E-state index is 11.9. The van der Waals surface area contributed by atoms with Crippen molar-refractivity contribution in [2.24, 2.45) is 5.84 Å². The summed E-state index contributed by atoms with van der Waals surface area (Å²) in [6.07, 6.45) is 0. The lowest BCUT2D eigenvalue weighted by Gasteiger charge is -2.27. The molecule has 9 heteroatoms. The zero-order valence-electron chi connectivity index (χ0n) is 18.8. The van der Waals surface area contributed by atoms with Gasteiger partial charge in [-0.05, 0) is 48.0 Å². The number of anilines is 2. The topological polar surface area (TPSA) is 83.3 Å². The van der Waals surface area contributed by atoms with Crippen molar-refractivity contribution in [3.8, 4) is 22.4 Å². The molecule has 4 aromatic rings. The fraction of sp³-hybridized carbons (Fsp3) is 0.154. The third-order valence-corrected chi connectivity index (χ3v) is 6.17. The number of hydrogen-bond donors (Lipinski definition) is 3. The van der Waals surface area contributed by atoms with Crippen LogP contribution in [0.2, 0.25) is 5.02 Å². The lowest BCUT2D eigenvalue weighted by atomic mass is 9.96. The summed E-state index contributed by atoms with van der Waals surface area (Å²) < 4.78 is 0. The SMILES string of the molecule is NNC(=O)Nc1ccc(N(CCCl)CCCl)c(-c2cc(-c3ccc(Cl)cc3)nc3ccccc23)c1. The minimum atomic E-state index is -0.511. The Morgan fingerprint density at radius 1 is 0.914 bits per heavy atom. The molecule has 0 saturated carbocycles. The number of alkyl halides is 2. The highest BCUT2D eigenvalue weighted by Gasteiger charge is 2.18. The molecule has 3 aromatic carbocycles. The Labute approximate surface area is 219 Å². The van der Waals surface area contributed by atoms with Crippen LogP contribution in [0, 0.1) is 0 Å². The minimum absolute atomic E-state index is 0.443. The van der Waals surface area contributed by atoms with Gasteiger partial charge in [0.25, 0.3) is 0 Å². The number of carbonyl (C=O) groups is 1. The number of benzene rings is 3. The smallest absolute Gasteiger partial charge is 0.333 e. The number of hydrazine groups is 1. The summed E-state index contributed by atoms with van der Waals surface area (Å²) in [6.45, 7) is 1.23. The van der Waals surface area contributed by atoms with Gasteiger partial charge < -0.3 is 10.2 Å². The Kier molecular flexibility index (Phi) is 8.31. The number of carbonyl (C=O) groups excluding carboxylic acids is 1. The summed E-state index contributed by atoms with van der Waals surface area (Å²) in [5.41, 5.74) is 8.10. The molecule has 0 radical (unpaired) electrons. The molecule has 1 heterocycles. The Hall–Kier alpha value is -3.03. The van der Waals surface area contributed by atoms with E-state index < -0.39 is 6.03 Å². The summed E-state index contributed by atoms with van der Waals surface area (Å²) in [5.74, 6) is 6.17. The van der Waals surface area contributed by atoms with E-state index in [-0.39, 0.29) is 0 Å². The highest BCUT2D eigenvalue weighted by Crippen LogP contribution is 2.39. The second kappa shape index (κ2) is 11.6. The van der Waals surface area contributed by atoms with E-state index in [0.717, 1.165) is 39.0 Å². The van der Waals surface area contributed by atoms with Crippen LogP contribution in [-0.4, -0.2) is 35.9 Å². The normalized spacial score (nSPS) is 10.9. The molecular weight excluding hydrogens is 505 g/mol. The fourth-order valence-electron chi connectivity index (χ4n) is 4.00. The molecular formula is C26H24Cl3N5O. The largest absolute Gasteiger partial charge is 0.369 e. The number of nitrogens with two attached hydrogens (primary N) is 1. The van der Waals surface area contributed by atoms with Crippen molar-refractivity contribution >= 4 is 63.1 Å². The molecule has 0 atom stereocenters. The number of halogens is 3. The van der Waals surface area contributed by atoms with Crippen molar-refractivity contribution in [1.29, 1.82) is 0 Å². The number of fused-ring (bicyclic) bond motifs is 1. The van der Waals surface area contributed by atoms with Crippen LogP contribution in [0.5, 0.6) is 0 Å². The molecule has 0 aliphatic rings. The monoisotopic (exact) mass is 527 g/mol. The number of hydrogen-bond acceptors (Lipinski definition) is 4. The maximum absolute atomic E-state index is 11.9. The highest BCUT2D eigenvalue weighted by atomic mass is 35.5. The standard InChI is InChI=1S/C26H24Cl3N5O/c27-11-13-34(14-12-28)25-10-9-19(31-26(35)33-30)15-22(25)21-16-24(17-5-7-18(29)8-6-17)32-23-4-2-1-3-20(21)23/h1-10,15-16H,11-14,30H2,(H2,31,33,35). The number of nitrogens with one attached hydrogen (secondary N) is 2. The molecule has 180 valence electrons. The number of nitrogens with zero attached hydrogens (tertiary/aromatic N) is 2. The quantitative estimate of drug-likeness (QED) is 0.105. The molecule has 0 bridgehead atoms. The van der Waals surface area contributed by atoms with Gasteiger partial charge >= 0.3 is 6.03 Å². The van der Waals surface area contributed by atoms with Gasteiger partial charge in [0.1, 0.15) is 0 Å². The van der Waals surface area contributed by atoms with Crippen molar-refractivity contribution < 1.29 is 4.79 Å². The van der Waals surface area contributed by atoms with Crippen molar-refractivity contribution in [2.75, 3.05) is 35.1 Å². The van der Waals surface area contributed by atoms with Gasteiger partial charge in [0.15, 0.2) is 0 Å². The van der Waals surface area contributed by atoms with E-state index in [1.807, 2.05) is 66.7 Å². The first-order chi connectivity index (χ1) is 17.0. The van der Waals surface area contributed by atoms with Gasteiger partial charge in [0.05, 0.1) is 11.2 Å². The van der Waals surface area contributed by atoms with Crippen LogP contribution in [0.1, 0.15) is 0 Å². The van der Waals surface area contributed by atoms with Crippen LogP contribution in [0.25, 0.3) is 33.3 Å². The van der Waals surface area contributed by atoms with Gasteiger partial charge in [-0.1, -0.05) is 41.9 Å². The van der Waals surface area contributed by atoms with E-state index >= 15 is 0 Å². The van der Waals surface area contributed by atoms with E-state index in [0.29, 0.717) is 35.6 Å². The zero-order valence-corrected chi connectivity index (χ0v) is 21.0. The van der Waals surface area contributed by atoms with Crippen molar-refractivity contribution in [3.05, 3.63) is 77.8 Å². The number of pyridine rings is 1. The number of urea groups is 1. The average molecular weight is 529 g/mol. The van der Waals surface area contributed by atoms with Crippen LogP contribution < -0.4 is 21.5 Å². The van der Waals surface area contributed by atoms with Crippen molar-refractivity contribution in [2.45, 2.75) is 0 Å². The molecule has 0 spiro atoms. The highest BCUT2D eigenvalue weighted by molar-refractivity contribution is 6.30. The van der Waals surface area contributed by atoms with Gasteiger partial charge in [0, 0.05) is 57.8 Å². The number of amides is 2. The Morgan fingerprint density at radius 3 is 2.31 bits per heavy atom. The number of rotatable bonds is 8. The van der Waals surface area contributed by atoms with Gasteiger partial charge in [-0.25, -0.2) is 15.6 Å². The molecule has 6 nitrogen and oxygen atoms in total. The van der Waals surface area contributed by atoms with Crippen LogP contribution in [0.15, 0.2) is 72.8 Å². The van der Waals surface area contributed by atoms with E-state index in [9.17, 15) is 4.79 Å². The summed E-state index contributed by atoms with van der Waals surface area (Å²) in [4.78, 5) is 19.0. The van der Waals surface area contributed by atoms with Gasteiger partial charge in [-0.15, -0.1) is 23.2 Å².